The predicted octanol–water partition coefficient (Wildman–Crippen LogP) is 0.944. The molecule has 0 unspecified atom stereocenters. The maximum absolute atomic E-state index is 13.0. The molecule has 8 heteroatoms. The Morgan fingerprint density at radius 3 is 2.68 bits per heavy atom. The lowest BCUT2D eigenvalue weighted by atomic mass is 10.0. The number of fused-ring (bicyclic) bond motifs is 1. The monoisotopic (exact) mass is 274 g/mol. The molecule has 104 valence electrons. The van der Waals surface area contributed by atoms with E-state index in [0.717, 1.165) is 18.9 Å². The lowest BCUT2D eigenvalue weighted by Gasteiger charge is -2.33. The number of carboxylic acids is 1. The molecule has 1 aliphatic heterocycles. The zero-order valence-corrected chi connectivity index (χ0v) is 9.78. The Hall–Kier alpha value is -1.73. The molecule has 1 aromatic heterocycles. The average Bonchev–Trinajstić information content (AvgIpc) is 3.05. The van der Waals surface area contributed by atoms with Gasteiger partial charge in [-0.1, -0.05) is 0 Å². The van der Waals surface area contributed by atoms with Crippen LogP contribution in [-0.4, -0.2) is 28.0 Å². The van der Waals surface area contributed by atoms with Gasteiger partial charge >= 0.3 is 6.18 Å². The molecule has 0 spiro atoms. The number of rotatable bonds is 2. The van der Waals surface area contributed by atoms with E-state index >= 15 is 0 Å². The van der Waals surface area contributed by atoms with Gasteiger partial charge in [0, 0.05) is 12.1 Å². The summed E-state index contributed by atoms with van der Waals surface area (Å²) in [5.74, 6) is -1.24. The van der Waals surface area contributed by atoms with Crippen LogP contribution in [0.15, 0.2) is 6.07 Å². The van der Waals surface area contributed by atoms with Gasteiger partial charge in [-0.15, -0.1) is 0 Å². The maximum Gasteiger partial charge on any atom is 0.410 e. The lowest BCUT2D eigenvalue weighted by Crippen LogP contribution is -2.40. The molecule has 3 rings (SSSR count). The molecule has 0 bridgehead atoms. The molecule has 0 radical (unpaired) electrons. The number of anilines is 1. The molecule has 1 aliphatic carbocycles. The van der Waals surface area contributed by atoms with E-state index in [1.54, 1.807) is 0 Å². The Bertz CT molecular complexity index is 522. The summed E-state index contributed by atoms with van der Waals surface area (Å²) in [6.45, 7) is 0. The summed E-state index contributed by atoms with van der Waals surface area (Å²) in [4.78, 5) is 10.7. The van der Waals surface area contributed by atoms with E-state index < -0.39 is 23.9 Å². The van der Waals surface area contributed by atoms with Crippen molar-refractivity contribution in [3.63, 3.8) is 0 Å². The highest BCUT2D eigenvalue weighted by atomic mass is 19.4. The summed E-state index contributed by atoms with van der Waals surface area (Å²) in [6, 6.07) is -0.948. The number of hydrogen-bond acceptors (Lipinski definition) is 4. The fourth-order valence-corrected chi connectivity index (χ4v) is 2.51. The van der Waals surface area contributed by atoms with Gasteiger partial charge < -0.3 is 15.2 Å². The summed E-state index contributed by atoms with van der Waals surface area (Å²) in [5.41, 5.74) is -0.479. The van der Waals surface area contributed by atoms with Crippen molar-refractivity contribution in [3.05, 3.63) is 11.8 Å². The van der Waals surface area contributed by atoms with Crippen LogP contribution >= 0.6 is 0 Å². The molecular formula is C11H11F3N3O2-. The van der Waals surface area contributed by atoms with Gasteiger partial charge in [-0.05, 0) is 25.2 Å². The van der Waals surface area contributed by atoms with Gasteiger partial charge in [0.05, 0.1) is 5.97 Å². The molecule has 0 saturated heterocycles. The normalized spacial score (nSPS) is 26.7. The smallest absolute Gasteiger partial charge is 0.410 e. The van der Waals surface area contributed by atoms with E-state index in [-0.39, 0.29) is 24.2 Å². The van der Waals surface area contributed by atoms with Crippen molar-refractivity contribution < 1.29 is 23.1 Å². The van der Waals surface area contributed by atoms with E-state index in [1.807, 2.05) is 0 Å². The molecule has 0 aromatic carbocycles. The summed E-state index contributed by atoms with van der Waals surface area (Å²) >= 11 is 0. The third kappa shape index (κ3) is 2.15. The number of alkyl halides is 3. The second-order valence-electron chi connectivity index (χ2n) is 5.03. The van der Waals surface area contributed by atoms with E-state index in [9.17, 15) is 23.1 Å². The number of carbonyl (C=O) groups excluding carboxylic acids is 1. The molecule has 1 fully saturated rings. The molecule has 5 nitrogen and oxygen atoms in total. The second kappa shape index (κ2) is 3.88. The Labute approximate surface area is 106 Å². The van der Waals surface area contributed by atoms with Crippen LogP contribution in [0, 0.1) is 5.92 Å². The third-order valence-corrected chi connectivity index (χ3v) is 3.62. The van der Waals surface area contributed by atoms with E-state index in [0.29, 0.717) is 4.68 Å². The average molecular weight is 274 g/mol. The van der Waals surface area contributed by atoms with Crippen molar-refractivity contribution in [2.75, 3.05) is 5.32 Å². The fraction of sp³-hybridized carbons (Fsp3) is 0.636. The van der Waals surface area contributed by atoms with Crippen LogP contribution in [-0.2, 0) is 0 Å². The van der Waals surface area contributed by atoms with Crippen molar-refractivity contribution in [2.24, 2.45) is 5.92 Å². The van der Waals surface area contributed by atoms with Gasteiger partial charge in [-0.2, -0.15) is 18.3 Å². The van der Waals surface area contributed by atoms with Crippen LogP contribution in [0.25, 0.3) is 0 Å². The molecule has 19 heavy (non-hydrogen) atoms. The van der Waals surface area contributed by atoms with Crippen LogP contribution in [0.2, 0.25) is 0 Å². The number of hydrogen-bond donors (Lipinski definition) is 1. The van der Waals surface area contributed by atoms with Crippen LogP contribution in [0.3, 0.4) is 0 Å². The highest BCUT2D eigenvalue weighted by Gasteiger charge is 2.48. The third-order valence-electron chi connectivity index (χ3n) is 3.62. The highest BCUT2D eigenvalue weighted by molar-refractivity contribution is 5.84. The van der Waals surface area contributed by atoms with Crippen LogP contribution in [0.4, 0.5) is 19.0 Å². The molecule has 2 atom stereocenters. The minimum atomic E-state index is -4.45. The van der Waals surface area contributed by atoms with Gasteiger partial charge in [-0.25, -0.2) is 4.68 Å². The van der Waals surface area contributed by atoms with Crippen LogP contribution < -0.4 is 10.4 Å². The van der Waals surface area contributed by atoms with Gasteiger partial charge in [-0.3, -0.25) is 0 Å². The van der Waals surface area contributed by atoms with Gasteiger partial charge in [0.15, 0.2) is 6.04 Å². The highest BCUT2D eigenvalue weighted by Crippen LogP contribution is 2.45. The van der Waals surface area contributed by atoms with Crippen molar-refractivity contribution >= 4 is 11.8 Å². The summed E-state index contributed by atoms with van der Waals surface area (Å²) in [5, 5.41) is 17.1. The fourth-order valence-electron chi connectivity index (χ4n) is 2.51. The van der Waals surface area contributed by atoms with Crippen molar-refractivity contribution in [3.8, 4) is 0 Å². The number of carbonyl (C=O) groups is 1. The predicted molar refractivity (Wildman–Crippen MR) is 56.4 cm³/mol. The Balaban J connectivity index is 1.99. The molecule has 1 saturated carbocycles. The van der Waals surface area contributed by atoms with Crippen LogP contribution in [0.1, 0.15) is 35.8 Å². The number of nitrogens with zero attached hydrogens (tertiary/aromatic N) is 2. The number of halogens is 3. The van der Waals surface area contributed by atoms with Gasteiger partial charge in [0.1, 0.15) is 11.5 Å². The molecule has 2 aliphatic rings. The minimum Gasteiger partial charge on any atom is -0.543 e. The van der Waals surface area contributed by atoms with Crippen LogP contribution in [0.5, 0.6) is 0 Å². The zero-order valence-electron chi connectivity index (χ0n) is 9.78. The number of aromatic carboxylic acids is 1. The van der Waals surface area contributed by atoms with E-state index in [4.69, 9.17) is 0 Å². The summed E-state index contributed by atoms with van der Waals surface area (Å²) in [7, 11) is 0. The van der Waals surface area contributed by atoms with Gasteiger partial charge in [0.25, 0.3) is 0 Å². The molecule has 0 amide bonds. The Morgan fingerprint density at radius 2 is 2.16 bits per heavy atom. The standard InChI is InChI=1S/C11H12F3N3O2/c12-11(13,14)8-3-6(5-1-2-5)15-9-4-7(10(18)19)16-17(8)9/h4-6,8,15H,1-3H2,(H,18,19)/p-1/t6-,8-/m1/s1. The Morgan fingerprint density at radius 1 is 1.47 bits per heavy atom. The summed E-state index contributed by atoms with van der Waals surface area (Å²) < 4.78 is 39.8. The number of aromatic nitrogens is 2. The zero-order chi connectivity index (χ0) is 13.8. The van der Waals surface area contributed by atoms with Crippen molar-refractivity contribution in [1.29, 1.82) is 0 Å². The van der Waals surface area contributed by atoms with E-state index in [1.165, 1.54) is 0 Å². The van der Waals surface area contributed by atoms with Crippen molar-refractivity contribution in [2.45, 2.75) is 37.5 Å². The maximum atomic E-state index is 13.0. The first-order chi connectivity index (χ1) is 8.86. The number of nitrogens with one attached hydrogen (secondary N) is 1. The van der Waals surface area contributed by atoms with Gasteiger partial charge in [0.2, 0.25) is 0 Å². The van der Waals surface area contributed by atoms with Crippen molar-refractivity contribution in [1.82, 2.24) is 9.78 Å². The van der Waals surface area contributed by atoms with E-state index in [2.05, 4.69) is 10.4 Å². The molecule has 1 N–H and O–H groups in total. The largest absolute Gasteiger partial charge is 0.543 e. The topological polar surface area (TPSA) is 70.0 Å². The first-order valence-corrected chi connectivity index (χ1v) is 6.00. The quantitative estimate of drug-likeness (QED) is 0.871. The first-order valence-electron chi connectivity index (χ1n) is 6.00. The number of carboxylic acid groups (broad SMARTS) is 1. The summed E-state index contributed by atoms with van der Waals surface area (Å²) in [6.07, 6.45) is -2.75. The SMILES string of the molecule is O=C([O-])c1cc2n(n1)[C@@H](C(F)(F)F)C[C@H](C1CC1)N2. The second-order valence-corrected chi connectivity index (χ2v) is 5.03. The molecule has 1 aromatic rings. The molecular weight excluding hydrogens is 263 g/mol. The molecule has 2 heterocycles. The lowest BCUT2D eigenvalue weighted by molar-refractivity contribution is -0.255. The Kier molecular flexibility index (Phi) is 2.51. The minimum absolute atomic E-state index is 0.102. The first kappa shape index (κ1) is 12.3.